The van der Waals surface area contributed by atoms with Gasteiger partial charge in [0.05, 0.1) is 0 Å². The fourth-order valence-corrected chi connectivity index (χ4v) is 20.7. The van der Waals surface area contributed by atoms with Crippen LogP contribution in [0.4, 0.5) is 0 Å². The van der Waals surface area contributed by atoms with E-state index in [1.165, 1.54) is 0 Å². The zero-order valence-electron chi connectivity index (χ0n) is 5.50. The average Bonchev–Trinajstić information content (AvgIpc) is 1.59. The van der Waals surface area contributed by atoms with Crippen LogP contribution in [0.1, 0.15) is 0 Å². The first-order valence-electron chi connectivity index (χ1n) is 2.73. The third-order valence-electron chi connectivity index (χ3n) is 1.06. The van der Waals surface area contributed by atoms with Gasteiger partial charge >= 0.3 is 91.6 Å². The monoisotopic (exact) mass is 450 g/mol. The van der Waals surface area contributed by atoms with Crippen LogP contribution in [0, 0.1) is 0 Å². The molecule has 0 unspecified atom stereocenters. The Hall–Kier alpha value is 2.43. The van der Waals surface area contributed by atoms with Crippen molar-refractivity contribution in [3.8, 4) is 0 Å². The van der Waals surface area contributed by atoms with Crippen LogP contribution in [0.3, 0.4) is 0 Å². The van der Waals surface area contributed by atoms with Gasteiger partial charge in [0.2, 0.25) is 0 Å². The Morgan fingerprint density at radius 3 is 1.18 bits per heavy atom. The molecule has 72 valence electrons. The SMILES string of the molecule is ClC[CH2][W]([Cl])([Cl])([Cl])([Cl])[CH2]CCl. The van der Waals surface area contributed by atoms with E-state index in [9.17, 15) is 0 Å². The quantitative estimate of drug-likeness (QED) is 0.518. The molecule has 0 heterocycles. The average molecular weight is 453 g/mol. The van der Waals surface area contributed by atoms with Crippen LogP contribution >= 0.6 is 60.9 Å². The second kappa shape index (κ2) is 3.54. The van der Waals surface area contributed by atoms with Gasteiger partial charge in [-0.3, -0.25) is 0 Å². The van der Waals surface area contributed by atoms with E-state index in [0.29, 0.717) is 0 Å². The van der Waals surface area contributed by atoms with E-state index in [-0.39, 0.29) is 21.4 Å². The zero-order chi connectivity index (χ0) is 9.24. The van der Waals surface area contributed by atoms with Gasteiger partial charge in [0, 0.05) is 0 Å². The van der Waals surface area contributed by atoms with Crippen molar-refractivity contribution in [3.63, 3.8) is 0 Å². The minimum atomic E-state index is -4.92. The Bertz CT molecular complexity index is 132. The van der Waals surface area contributed by atoms with Gasteiger partial charge in [0.25, 0.3) is 0 Å². The van der Waals surface area contributed by atoms with Crippen molar-refractivity contribution < 1.29 is 9.39 Å². The van der Waals surface area contributed by atoms with Crippen LogP contribution in [-0.4, -0.2) is 11.8 Å². The summed E-state index contributed by atoms with van der Waals surface area (Å²) in [5, 5.41) is 0. The summed E-state index contributed by atoms with van der Waals surface area (Å²) in [7, 11) is 19.0. The van der Waals surface area contributed by atoms with Gasteiger partial charge in [-0.15, -0.1) is 0 Å². The number of halogens is 6. The van der Waals surface area contributed by atoms with Crippen molar-refractivity contribution in [2.45, 2.75) is 9.62 Å². The van der Waals surface area contributed by atoms with Crippen LogP contribution in [-0.2, 0) is 9.39 Å². The van der Waals surface area contributed by atoms with E-state index >= 15 is 0 Å². The van der Waals surface area contributed by atoms with Gasteiger partial charge in [-0.2, -0.15) is 0 Å². The molecule has 0 saturated heterocycles. The van der Waals surface area contributed by atoms with Crippen molar-refractivity contribution in [1.29, 1.82) is 0 Å². The van der Waals surface area contributed by atoms with E-state index in [1.54, 1.807) is 0 Å². The van der Waals surface area contributed by atoms with E-state index in [2.05, 4.69) is 0 Å². The summed E-state index contributed by atoms with van der Waals surface area (Å²) in [6, 6.07) is 0. The fraction of sp³-hybridized carbons (Fsp3) is 1.00. The molecule has 0 bridgehead atoms. The summed E-state index contributed by atoms with van der Waals surface area (Å²) in [4.78, 5) is 0.501. The Morgan fingerprint density at radius 2 is 1.00 bits per heavy atom. The maximum absolute atomic E-state index is 5.98. The molecule has 0 aliphatic carbocycles. The molecule has 0 rings (SSSR count). The molecule has 0 amide bonds. The van der Waals surface area contributed by atoms with Gasteiger partial charge in [0.1, 0.15) is 0 Å². The first kappa shape index (κ1) is 13.4. The van der Waals surface area contributed by atoms with Crippen molar-refractivity contribution in [2.24, 2.45) is 0 Å². The molecule has 0 saturated carbocycles. The fourth-order valence-electron chi connectivity index (χ4n) is 0.444. The number of hydrogen-bond donors (Lipinski definition) is 0. The van der Waals surface area contributed by atoms with E-state index < -0.39 is 9.39 Å². The molecule has 11 heavy (non-hydrogen) atoms. The summed E-state index contributed by atoms with van der Waals surface area (Å²) in [6.45, 7) is 0. The van der Waals surface area contributed by atoms with Crippen LogP contribution in [0.15, 0.2) is 0 Å². The number of alkyl halides is 2. The first-order valence-corrected chi connectivity index (χ1v) is 22.5. The molecule has 0 spiro atoms. The minimum absolute atomic E-state index is 0.250. The Kier molecular flexibility index (Phi) is 4.32. The Morgan fingerprint density at radius 1 is 0.727 bits per heavy atom. The van der Waals surface area contributed by atoms with Gasteiger partial charge < -0.3 is 0 Å². The molecular formula is C4H8Cl6W. The number of hydrogen-bond acceptors (Lipinski definition) is 0. The first-order chi connectivity index (χ1) is 4.62. The molecule has 0 aromatic carbocycles. The molecule has 0 aliphatic heterocycles. The third kappa shape index (κ3) is 6.49. The van der Waals surface area contributed by atoms with E-state index in [1.807, 2.05) is 0 Å². The Labute approximate surface area is 90.6 Å². The molecule has 0 aromatic rings. The maximum atomic E-state index is 5.98. The van der Waals surface area contributed by atoms with Gasteiger partial charge in [-0.05, 0) is 0 Å². The van der Waals surface area contributed by atoms with Crippen LogP contribution in [0.25, 0.3) is 0 Å². The topological polar surface area (TPSA) is 0 Å². The molecule has 0 nitrogen and oxygen atoms in total. The molecule has 0 fully saturated rings. The molecule has 0 atom stereocenters. The second-order valence-electron chi connectivity index (χ2n) is 2.21. The predicted molar refractivity (Wildman–Crippen MR) is 54.5 cm³/mol. The molecule has 0 aromatic heterocycles. The van der Waals surface area contributed by atoms with E-state index in [0.717, 1.165) is 0 Å². The molecule has 7 heteroatoms. The van der Waals surface area contributed by atoms with Crippen molar-refractivity contribution in [3.05, 3.63) is 0 Å². The molecule has 0 N–H and O–H groups in total. The van der Waals surface area contributed by atoms with E-state index in [4.69, 9.17) is 60.9 Å². The summed E-state index contributed by atoms with van der Waals surface area (Å²) >= 11 is 10.9. The van der Waals surface area contributed by atoms with Gasteiger partial charge in [-0.1, -0.05) is 0 Å². The van der Waals surface area contributed by atoms with Crippen molar-refractivity contribution in [2.75, 3.05) is 11.8 Å². The normalized spacial score (nSPS) is 19.1. The van der Waals surface area contributed by atoms with Gasteiger partial charge in [0.15, 0.2) is 0 Å². The summed E-state index contributed by atoms with van der Waals surface area (Å²) < 4.78 is 0. The summed E-state index contributed by atoms with van der Waals surface area (Å²) in [6.07, 6.45) is 0. The van der Waals surface area contributed by atoms with Crippen LogP contribution < -0.4 is 0 Å². The molecule has 0 radical (unpaired) electrons. The predicted octanol–water partition coefficient (Wildman–Crippen LogP) is 5.14. The zero-order valence-corrected chi connectivity index (χ0v) is 13.0. The Balaban J connectivity index is 4.54. The second-order valence-corrected chi connectivity index (χ2v) is 53.4. The van der Waals surface area contributed by atoms with Crippen LogP contribution in [0.2, 0.25) is 9.62 Å². The molecule has 0 aliphatic rings. The van der Waals surface area contributed by atoms with Crippen molar-refractivity contribution >= 4 is 60.9 Å². The van der Waals surface area contributed by atoms with Gasteiger partial charge in [-0.25, -0.2) is 0 Å². The third-order valence-corrected chi connectivity index (χ3v) is 21.3. The van der Waals surface area contributed by atoms with Crippen LogP contribution in [0.5, 0.6) is 0 Å². The van der Waals surface area contributed by atoms with Crippen molar-refractivity contribution in [1.82, 2.24) is 0 Å². The summed E-state index contributed by atoms with van der Waals surface area (Å²) in [5.74, 6) is 0.515. The summed E-state index contributed by atoms with van der Waals surface area (Å²) in [5.41, 5.74) is 0. The number of rotatable bonds is 4. The standard InChI is InChI=1S/2C2H4Cl.4ClH.W/c2*1-2-3;;;;;/h2*1-2H2;4*1H;/q;;;;;;+4/p-4. The molecular weight excluding hydrogens is 445 g/mol.